The second kappa shape index (κ2) is 3.62. The van der Waals surface area contributed by atoms with Gasteiger partial charge >= 0.3 is 0 Å². The highest BCUT2D eigenvalue weighted by molar-refractivity contribution is 5.92. The van der Waals surface area contributed by atoms with E-state index in [4.69, 9.17) is 4.74 Å². The van der Waals surface area contributed by atoms with Gasteiger partial charge in [-0.05, 0) is 48.9 Å². The van der Waals surface area contributed by atoms with Crippen molar-refractivity contribution < 1.29 is 14.2 Å². The molecule has 0 saturated heterocycles. The summed E-state index contributed by atoms with van der Waals surface area (Å²) in [7, 11) is 0. The summed E-state index contributed by atoms with van der Waals surface area (Å²) in [5.74, 6) is 0.180. The Morgan fingerprint density at radius 3 is 2.76 bits per heavy atom. The van der Waals surface area contributed by atoms with Crippen LogP contribution in [0.4, 0.5) is 4.39 Å². The van der Waals surface area contributed by atoms with E-state index in [-0.39, 0.29) is 17.7 Å². The Balaban J connectivity index is 2.25. The molecule has 88 valence electrons. The third-order valence-corrected chi connectivity index (χ3v) is 3.01. The summed E-state index contributed by atoms with van der Waals surface area (Å²) in [6.45, 7) is 1.85. The van der Waals surface area contributed by atoms with Crippen LogP contribution in [0.3, 0.4) is 0 Å². The fourth-order valence-electron chi connectivity index (χ4n) is 2.06. The maximum Gasteiger partial charge on any atom is 0.165 e. The summed E-state index contributed by atoms with van der Waals surface area (Å²) in [6, 6.07) is 6.30. The van der Waals surface area contributed by atoms with E-state index in [9.17, 15) is 9.50 Å². The molecule has 3 heteroatoms. The Kier molecular flexibility index (Phi) is 2.21. The minimum absolute atomic E-state index is 0.156. The average Bonchev–Trinajstić information content (AvgIpc) is 3.06. The van der Waals surface area contributed by atoms with Crippen molar-refractivity contribution in [2.45, 2.75) is 25.9 Å². The second-order valence-electron chi connectivity index (χ2n) is 4.55. The van der Waals surface area contributed by atoms with Crippen LogP contribution in [-0.2, 0) is 0 Å². The van der Waals surface area contributed by atoms with Crippen molar-refractivity contribution >= 4 is 10.8 Å². The van der Waals surface area contributed by atoms with E-state index >= 15 is 0 Å². The van der Waals surface area contributed by atoms with Crippen LogP contribution in [0.15, 0.2) is 24.3 Å². The highest BCUT2D eigenvalue weighted by atomic mass is 19.1. The number of hydrogen-bond acceptors (Lipinski definition) is 2. The Bertz CT molecular complexity index is 588. The Morgan fingerprint density at radius 2 is 2.06 bits per heavy atom. The van der Waals surface area contributed by atoms with Gasteiger partial charge in [0.1, 0.15) is 5.75 Å². The van der Waals surface area contributed by atoms with Crippen molar-refractivity contribution in [2.24, 2.45) is 0 Å². The molecule has 0 amide bonds. The first kappa shape index (κ1) is 10.4. The fraction of sp³-hybridized carbons (Fsp3) is 0.286. The Morgan fingerprint density at radius 1 is 1.29 bits per heavy atom. The van der Waals surface area contributed by atoms with Gasteiger partial charge in [0.05, 0.1) is 6.10 Å². The van der Waals surface area contributed by atoms with Crippen LogP contribution >= 0.6 is 0 Å². The second-order valence-corrected chi connectivity index (χ2v) is 4.55. The summed E-state index contributed by atoms with van der Waals surface area (Å²) in [6.07, 6.45) is 2.14. The van der Waals surface area contributed by atoms with Crippen molar-refractivity contribution in [3.8, 4) is 11.5 Å². The van der Waals surface area contributed by atoms with Crippen molar-refractivity contribution in [2.75, 3.05) is 0 Å². The molecule has 0 radical (unpaired) electrons. The number of phenolic OH excluding ortho intramolecular Hbond substituents is 1. The number of hydrogen-bond donors (Lipinski definition) is 1. The molecule has 2 aromatic rings. The number of phenols is 1. The molecule has 17 heavy (non-hydrogen) atoms. The number of benzene rings is 2. The van der Waals surface area contributed by atoms with Gasteiger partial charge in [0, 0.05) is 5.39 Å². The largest absolute Gasteiger partial charge is 0.508 e. The number of rotatable bonds is 2. The SMILES string of the molecule is Cc1cc(O)cc2ccc(F)c(OC3CC3)c12. The van der Waals surface area contributed by atoms with E-state index in [1.54, 1.807) is 18.2 Å². The van der Waals surface area contributed by atoms with Gasteiger partial charge in [0.2, 0.25) is 0 Å². The predicted octanol–water partition coefficient (Wildman–Crippen LogP) is 3.53. The summed E-state index contributed by atoms with van der Waals surface area (Å²) in [5, 5.41) is 11.1. The lowest BCUT2D eigenvalue weighted by Gasteiger charge is -2.12. The standard InChI is InChI=1S/C14H13FO2/c1-8-6-10(16)7-9-2-5-12(15)14(13(8)9)17-11-3-4-11/h2,5-7,11,16H,3-4H2,1H3. The first-order valence-electron chi connectivity index (χ1n) is 5.73. The monoisotopic (exact) mass is 232 g/mol. The number of aromatic hydroxyl groups is 1. The van der Waals surface area contributed by atoms with Crippen molar-refractivity contribution in [3.05, 3.63) is 35.6 Å². The zero-order valence-corrected chi connectivity index (χ0v) is 9.53. The molecule has 2 aromatic carbocycles. The van der Waals surface area contributed by atoms with E-state index in [1.165, 1.54) is 6.07 Å². The normalized spacial score (nSPS) is 15.2. The zero-order valence-electron chi connectivity index (χ0n) is 9.53. The zero-order chi connectivity index (χ0) is 12.0. The van der Waals surface area contributed by atoms with Crippen LogP contribution in [0.2, 0.25) is 0 Å². The maximum absolute atomic E-state index is 13.8. The minimum Gasteiger partial charge on any atom is -0.508 e. The molecular weight excluding hydrogens is 219 g/mol. The molecule has 0 aliphatic heterocycles. The van der Waals surface area contributed by atoms with Crippen LogP contribution in [0.1, 0.15) is 18.4 Å². The lowest BCUT2D eigenvalue weighted by Crippen LogP contribution is -2.00. The van der Waals surface area contributed by atoms with Crippen LogP contribution in [0.25, 0.3) is 10.8 Å². The van der Waals surface area contributed by atoms with Gasteiger partial charge < -0.3 is 9.84 Å². The quantitative estimate of drug-likeness (QED) is 0.858. The molecule has 0 atom stereocenters. The van der Waals surface area contributed by atoms with E-state index < -0.39 is 0 Å². The summed E-state index contributed by atoms with van der Waals surface area (Å²) in [4.78, 5) is 0. The van der Waals surface area contributed by atoms with Crippen molar-refractivity contribution in [3.63, 3.8) is 0 Å². The van der Waals surface area contributed by atoms with Crippen LogP contribution in [-0.4, -0.2) is 11.2 Å². The first-order chi connectivity index (χ1) is 8.15. The predicted molar refractivity (Wildman–Crippen MR) is 64.0 cm³/mol. The van der Waals surface area contributed by atoms with E-state index in [2.05, 4.69) is 0 Å². The van der Waals surface area contributed by atoms with Gasteiger partial charge in [-0.15, -0.1) is 0 Å². The van der Waals surface area contributed by atoms with E-state index in [0.29, 0.717) is 5.75 Å². The average molecular weight is 232 g/mol. The smallest absolute Gasteiger partial charge is 0.165 e. The van der Waals surface area contributed by atoms with Crippen LogP contribution in [0.5, 0.6) is 11.5 Å². The molecule has 0 heterocycles. The van der Waals surface area contributed by atoms with Gasteiger partial charge in [0.25, 0.3) is 0 Å². The topological polar surface area (TPSA) is 29.5 Å². The number of aryl methyl sites for hydroxylation is 1. The molecule has 0 unspecified atom stereocenters. The molecule has 0 spiro atoms. The number of fused-ring (bicyclic) bond motifs is 1. The molecule has 1 fully saturated rings. The number of ether oxygens (including phenoxy) is 1. The summed E-state index contributed by atoms with van der Waals surface area (Å²) < 4.78 is 19.4. The molecule has 1 saturated carbocycles. The van der Waals surface area contributed by atoms with Crippen LogP contribution < -0.4 is 4.74 Å². The molecule has 1 N–H and O–H groups in total. The van der Waals surface area contributed by atoms with E-state index in [0.717, 1.165) is 29.2 Å². The highest BCUT2D eigenvalue weighted by Crippen LogP contribution is 2.37. The van der Waals surface area contributed by atoms with Crippen molar-refractivity contribution in [1.82, 2.24) is 0 Å². The maximum atomic E-state index is 13.8. The molecule has 0 aromatic heterocycles. The van der Waals surface area contributed by atoms with E-state index in [1.807, 2.05) is 6.92 Å². The first-order valence-corrected chi connectivity index (χ1v) is 5.73. The molecule has 2 nitrogen and oxygen atoms in total. The third-order valence-electron chi connectivity index (χ3n) is 3.01. The third kappa shape index (κ3) is 1.82. The van der Waals surface area contributed by atoms with Crippen LogP contribution in [0, 0.1) is 12.7 Å². The molecule has 1 aliphatic rings. The van der Waals surface area contributed by atoms with Gasteiger partial charge in [-0.3, -0.25) is 0 Å². The highest BCUT2D eigenvalue weighted by Gasteiger charge is 2.26. The van der Waals surface area contributed by atoms with Gasteiger partial charge in [-0.25, -0.2) is 4.39 Å². The summed E-state index contributed by atoms with van der Waals surface area (Å²) in [5.41, 5.74) is 0.829. The van der Waals surface area contributed by atoms with Gasteiger partial charge in [-0.2, -0.15) is 0 Å². The lowest BCUT2D eigenvalue weighted by atomic mass is 10.0. The lowest BCUT2D eigenvalue weighted by molar-refractivity contribution is 0.291. The van der Waals surface area contributed by atoms with Crippen molar-refractivity contribution in [1.29, 1.82) is 0 Å². The Hall–Kier alpha value is -1.77. The fourth-order valence-corrected chi connectivity index (χ4v) is 2.06. The molecular formula is C14H13FO2. The molecule has 0 bridgehead atoms. The summed E-state index contributed by atoms with van der Waals surface area (Å²) >= 11 is 0. The minimum atomic E-state index is -0.335. The Labute approximate surface area is 98.6 Å². The molecule has 1 aliphatic carbocycles. The van der Waals surface area contributed by atoms with Gasteiger partial charge in [0.15, 0.2) is 11.6 Å². The number of halogens is 1. The van der Waals surface area contributed by atoms with Gasteiger partial charge in [-0.1, -0.05) is 6.07 Å². The molecule has 3 rings (SSSR count).